The zero-order valence-electron chi connectivity index (χ0n) is 9.25. The quantitative estimate of drug-likeness (QED) is 0.678. The largest absolute Gasteiger partial charge is 0.0620 e. The highest BCUT2D eigenvalue weighted by Gasteiger charge is 2.04. The molecule has 0 aromatic heterocycles. The molecule has 0 nitrogen and oxygen atoms in total. The van der Waals surface area contributed by atoms with Gasteiger partial charge in [-0.1, -0.05) is 49.4 Å². The molecule has 0 saturated heterocycles. The molecule has 0 saturated carbocycles. The zero-order chi connectivity index (χ0) is 10.7. The van der Waals surface area contributed by atoms with Gasteiger partial charge in [-0.05, 0) is 41.7 Å². The second-order valence-corrected chi connectivity index (χ2v) is 3.73. The van der Waals surface area contributed by atoms with Gasteiger partial charge in [-0.3, -0.25) is 0 Å². The van der Waals surface area contributed by atoms with E-state index in [1.165, 1.54) is 22.3 Å². The van der Waals surface area contributed by atoms with E-state index in [1.54, 1.807) is 0 Å². The Morgan fingerprint density at radius 3 is 2.47 bits per heavy atom. The van der Waals surface area contributed by atoms with Crippen LogP contribution in [0.4, 0.5) is 0 Å². The van der Waals surface area contributed by atoms with Crippen LogP contribution in [-0.2, 0) is 6.42 Å². The first-order valence-electron chi connectivity index (χ1n) is 5.38. The first kappa shape index (κ1) is 9.97. The van der Waals surface area contributed by atoms with Crippen LogP contribution in [-0.4, -0.2) is 0 Å². The molecule has 0 unspecified atom stereocenters. The van der Waals surface area contributed by atoms with Crippen molar-refractivity contribution in [3.05, 3.63) is 59.7 Å². The number of rotatable bonds is 2. The maximum absolute atomic E-state index is 3.31. The molecule has 2 aromatic rings. The molecule has 2 aromatic carbocycles. The van der Waals surface area contributed by atoms with Gasteiger partial charge in [-0.2, -0.15) is 0 Å². The topological polar surface area (TPSA) is 0 Å². The normalized spacial score (nSPS) is 10.3. The SMILES string of the molecule is CCc1[c]cccc1-c1ccccc1C. The van der Waals surface area contributed by atoms with E-state index in [9.17, 15) is 0 Å². The smallest absolute Gasteiger partial charge is 0.0143 e. The molecule has 0 N–H and O–H groups in total. The van der Waals surface area contributed by atoms with Gasteiger partial charge in [0, 0.05) is 0 Å². The Morgan fingerprint density at radius 1 is 1.00 bits per heavy atom. The summed E-state index contributed by atoms with van der Waals surface area (Å²) < 4.78 is 0. The van der Waals surface area contributed by atoms with Crippen molar-refractivity contribution in [2.75, 3.05) is 0 Å². The molecule has 0 aliphatic carbocycles. The van der Waals surface area contributed by atoms with Crippen LogP contribution in [0.15, 0.2) is 42.5 Å². The summed E-state index contributed by atoms with van der Waals surface area (Å²) in [6.45, 7) is 4.33. The van der Waals surface area contributed by atoms with E-state index in [2.05, 4.69) is 56.3 Å². The summed E-state index contributed by atoms with van der Waals surface area (Å²) in [6.07, 6.45) is 1.03. The van der Waals surface area contributed by atoms with Gasteiger partial charge in [0.2, 0.25) is 0 Å². The molecule has 15 heavy (non-hydrogen) atoms. The second-order valence-electron chi connectivity index (χ2n) is 3.73. The third-order valence-electron chi connectivity index (χ3n) is 2.73. The van der Waals surface area contributed by atoms with Crippen LogP contribution < -0.4 is 0 Å². The van der Waals surface area contributed by atoms with E-state index in [0.29, 0.717) is 0 Å². The fourth-order valence-electron chi connectivity index (χ4n) is 1.89. The summed E-state index contributed by atoms with van der Waals surface area (Å²) in [7, 11) is 0. The third-order valence-corrected chi connectivity index (χ3v) is 2.73. The van der Waals surface area contributed by atoms with Gasteiger partial charge < -0.3 is 0 Å². The van der Waals surface area contributed by atoms with Crippen LogP contribution in [0.3, 0.4) is 0 Å². The van der Waals surface area contributed by atoms with Crippen molar-refractivity contribution in [2.45, 2.75) is 20.3 Å². The molecular weight excluding hydrogens is 180 g/mol. The number of hydrogen-bond donors (Lipinski definition) is 0. The van der Waals surface area contributed by atoms with E-state index in [1.807, 2.05) is 6.07 Å². The zero-order valence-corrected chi connectivity index (χ0v) is 9.25. The van der Waals surface area contributed by atoms with Gasteiger partial charge in [-0.15, -0.1) is 0 Å². The van der Waals surface area contributed by atoms with Crippen molar-refractivity contribution in [3.8, 4) is 11.1 Å². The molecule has 0 bridgehead atoms. The van der Waals surface area contributed by atoms with Gasteiger partial charge >= 0.3 is 0 Å². The van der Waals surface area contributed by atoms with E-state index >= 15 is 0 Å². The Balaban J connectivity index is 2.59. The van der Waals surface area contributed by atoms with E-state index in [-0.39, 0.29) is 0 Å². The minimum atomic E-state index is 1.03. The highest BCUT2D eigenvalue weighted by Crippen LogP contribution is 2.26. The first-order chi connectivity index (χ1) is 7.33. The van der Waals surface area contributed by atoms with Crippen LogP contribution in [0.5, 0.6) is 0 Å². The maximum atomic E-state index is 3.31. The number of benzene rings is 2. The lowest BCUT2D eigenvalue weighted by Crippen LogP contribution is -1.89. The fourth-order valence-corrected chi connectivity index (χ4v) is 1.89. The van der Waals surface area contributed by atoms with Gasteiger partial charge in [0.15, 0.2) is 0 Å². The summed E-state index contributed by atoms with van der Waals surface area (Å²) in [6, 6.07) is 18.0. The van der Waals surface area contributed by atoms with Gasteiger partial charge in [0.05, 0.1) is 0 Å². The molecule has 1 radical (unpaired) electrons. The minimum absolute atomic E-state index is 1.03. The van der Waals surface area contributed by atoms with Crippen molar-refractivity contribution in [2.24, 2.45) is 0 Å². The van der Waals surface area contributed by atoms with Gasteiger partial charge in [0.1, 0.15) is 0 Å². The van der Waals surface area contributed by atoms with E-state index in [0.717, 1.165) is 6.42 Å². The molecule has 2 rings (SSSR count). The van der Waals surface area contributed by atoms with E-state index in [4.69, 9.17) is 0 Å². The summed E-state index contributed by atoms with van der Waals surface area (Å²) in [4.78, 5) is 0. The van der Waals surface area contributed by atoms with Crippen LogP contribution >= 0.6 is 0 Å². The summed E-state index contributed by atoms with van der Waals surface area (Å²) in [5, 5.41) is 0. The Morgan fingerprint density at radius 2 is 1.73 bits per heavy atom. The standard InChI is InChI=1S/C15H15/c1-3-13-9-5-7-11-15(13)14-10-6-4-8-12(14)2/h4-8,10-11H,3H2,1-2H3. The van der Waals surface area contributed by atoms with Crippen molar-refractivity contribution in [3.63, 3.8) is 0 Å². The maximum Gasteiger partial charge on any atom is -0.0143 e. The van der Waals surface area contributed by atoms with Crippen molar-refractivity contribution < 1.29 is 0 Å². The highest BCUT2D eigenvalue weighted by atomic mass is 14.1. The Hall–Kier alpha value is -1.56. The van der Waals surface area contributed by atoms with Gasteiger partial charge in [0.25, 0.3) is 0 Å². The monoisotopic (exact) mass is 195 g/mol. The molecule has 0 spiro atoms. The Kier molecular flexibility index (Phi) is 2.86. The summed E-state index contributed by atoms with van der Waals surface area (Å²) in [5.74, 6) is 0. The van der Waals surface area contributed by atoms with Crippen molar-refractivity contribution >= 4 is 0 Å². The van der Waals surface area contributed by atoms with Crippen LogP contribution in [0.1, 0.15) is 18.1 Å². The first-order valence-corrected chi connectivity index (χ1v) is 5.38. The Labute approximate surface area is 91.6 Å². The lowest BCUT2D eigenvalue weighted by Gasteiger charge is -2.09. The predicted octanol–water partition coefficient (Wildman–Crippen LogP) is 4.02. The number of hydrogen-bond acceptors (Lipinski definition) is 0. The Bertz CT molecular complexity index is 455. The molecule has 75 valence electrons. The lowest BCUT2D eigenvalue weighted by molar-refractivity contribution is 1.14. The van der Waals surface area contributed by atoms with Crippen LogP contribution in [0.2, 0.25) is 0 Å². The molecule has 0 aliphatic heterocycles. The molecular formula is C15H15. The highest BCUT2D eigenvalue weighted by molar-refractivity contribution is 5.70. The predicted molar refractivity (Wildman–Crippen MR) is 64.8 cm³/mol. The summed E-state index contributed by atoms with van der Waals surface area (Å²) >= 11 is 0. The van der Waals surface area contributed by atoms with Crippen molar-refractivity contribution in [1.82, 2.24) is 0 Å². The van der Waals surface area contributed by atoms with Gasteiger partial charge in [-0.25, -0.2) is 0 Å². The van der Waals surface area contributed by atoms with Crippen LogP contribution in [0.25, 0.3) is 11.1 Å². The molecule has 0 amide bonds. The molecule has 0 fully saturated rings. The summed E-state index contributed by atoms with van der Waals surface area (Å²) in [5.41, 5.74) is 5.27. The average Bonchev–Trinajstić information content (AvgIpc) is 2.30. The number of aryl methyl sites for hydroxylation is 2. The third kappa shape index (κ3) is 1.94. The average molecular weight is 195 g/mol. The molecule has 0 atom stereocenters. The molecule has 0 aliphatic rings. The molecule has 0 heterocycles. The fraction of sp³-hybridized carbons (Fsp3) is 0.200. The van der Waals surface area contributed by atoms with Crippen molar-refractivity contribution in [1.29, 1.82) is 0 Å². The minimum Gasteiger partial charge on any atom is -0.0620 e. The second kappa shape index (κ2) is 4.31. The van der Waals surface area contributed by atoms with Crippen LogP contribution in [0, 0.1) is 13.0 Å². The van der Waals surface area contributed by atoms with E-state index < -0.39 is 0 Å². The molecule has 0 heteroatoms. The lowest BCUT2D eigenvalue weighted by atomic mass is 9.95.